The van der Waals surface area contributed by atoms with Gasteiger partial charge in [-0.15, -0.1) is 11.3 Å². The average molecular weight is 659 g/mol. The van der Waals surface area contributed by atoms with Gasteiger partial charge in [0.2, 0.25) is 5.91 Å². The summed E-state index contributed by atoms with van der Waals surface area (Å²) in [5.41, 5.74) is 0. The first-order valence-electron chi connectivity index (χ1n) is 15.8. The Kier molecular flexibility index (Phi) is 11.5. The van der Waals surface area contributed by atoms with Crippen LogP contribution in [0.5, 0.6) is 5.75 Å². The molecule has 2 heterocycles. The van der Waals surface area contributed by atoms with E-state index in [1.807, 2.05) is 35.7 Å². The van der Waals surface area contributed by atoms with E-state index in [-0.39, 0.29) is 24.3 Å². The molecule has 5 rings (SSSR count). The number of benzene rings is 1. The molecule has 2 amide bonds. The zero-order valence-electron chi connectivity index (χ0n) is 24.5. The number of thiophene rings is 1. The fraction of sp³-hybridized carbons (Fsp3) is 0.606. The summed E-state index contributed by atoms with van der Waals surface area (Å²) in [6, 6.07) is 10.6. The van der Waals surface area contributed by atoms with Gasteiger partial charge in [-0.05, 0) is 71.1 Å². The minimum Gasteiger partial charge on any atom is -0.409 e. The van der Waals surface area contributed by atoms with Crippen LogP contribution < -0.4 is 10.1 Å². The minimum absolute atomic E-state index is 0.00391. The van der Waals surface area contributed by atoms with Gasteiger partial charge >= 0.3 is 6.09 Å². The Hall–Kier alpha value is -2.23. The highest BCUT2D eigenvalue weighted by Crippen LogP contribution is 2.30. The third-order valence-electron chi connectivity index (χ3n) is 9.16. The summed E-state index contributed by atoms with van der Waals surface area (Å²) in [7, 11) is 0. The van der Waals surface area contributed by atoms with Crippen molar-refractivity contribution in [3.05, 3.63) is 51.1 Å². The molecule has 0 radical (unpaired) electrons. The van der Waals surface area contributed by atoms with Crippen molar-refractivity contribution < 1.29 is 19.1 Å². The molecule has 9 heteroatoms. The fourth-order valence-electron chi connectivity index (χ4n) is 6.79. The highest BCUT2D eigenvalue weighted by molar-refractivity contribution is 9.10. The number of carbonyl (C=O) groups excluding carboxylic acids is 3. The standard InChI is InChI=1S/C33H44BrN3O4S/c34-27-15-7-8-16-31(27)41-33(40)36-19-20-37(29(23-36)30(38)18-17-26-14-9-21-42-26)32(39)28(22-24-10-3-1-4-11-24)35-25-12-5-2-6-13-25/h7-9,14-16,21,24-25,28-29,35H,1-6,10-13,17-20,22-23H2/t28-,29+/m1/s1. The normalized spacial score (nSPS) is 21.2. The molecule has 2 atom stereocenters. The van der Waals surface area contributed by atoms with E-state index in [0.29, 0.717) is 48.1 Å². The van der Waals surface area contributed by atoms with Gasteiger partial charge in [0.05, 0.1) is 17.1 Å². The predicted molar refractivity (Wildman–Crippen MR) is 170 cm³/mol. The van der Waals surface area contributed by atoms with E-state index < -0.39 is 12.1 Å². The number of aryl methyl sites for hydroxylation is 1. The van der Waals surface area contributed by atoms with Crippen molar-refractivity contribution >= 4 is 45.1 Å². The van der Waals surface area contributed by atoms with Crippen LogP contribution in [-0.2, 0) is 16.0 Å². The lowest BCUT2D eigenvalue weighted by Crippen LogP contribution is -2.63. The highest BCUT2D eigenvalue weighted by atomic mass is 79.9. The Morgan fingerprint density at radius 1 is 0.952 bits per heavy atom. The predicted octanol–water partition coefficient (Wildman–Crippen LogP) is 6.99. The van der Waals surface area contributed by atoms with Crippen LogP contribution in [-0.4, -0.2) is 65.3 Å². The summed E-state index contributed by atoms with van der Waals surface area (Å²) in [6.07, 6.45) is 13.3. The highest BCUT2D eigenvalue weighted by Gasteiger charge is 2.40. The molecule has 42 heavy (non-hydrogen) atoms. The van der Waals surface area contributed by atoms with Crippen LogP contribution in [0.1, 0.15) is 81.9 Å². The third kappa shape index (κ3) is 8.44. The van der Waals surface area contributed by atoms with E-state index in [4.69, 9.17) is 4.74 Å². The van der Waals surface area contributed by atoms with Crippen LogP contribution in [0.25, 0.3) is 0 Å². The molecule has 7 nitrogen and oxygen atoms in total. The molecule has 2 saturated carbocycles. The summed E-state index contributed by atoms with van der Waals surface area (Å²) in [6.45, 7) is 0.813. The second-order valence-corrected chi connectivity index (χ2v) is 14.0. The molecule has 1 N–H and O–H groups in total. The van der Waals surface area contributed by atoms with Crippen molar-refractivity contribution in [2.45, 2.75) is 102 Å². The molecular formula is C33H44BrN3O4S. The zero-order chi connectivity index (χ0) is 29.3. The lowest BCUT2D eigenvalue weighted by atomic mass is 9.83. The first-order chi connectivity index (χ1) is 20.5. The summed E-state index contributed by atoms with van der Waals surface area (Å²) in [5, 5.41) is 5.79. The number of rotatable bonds is 10. The number of carbonyl (C=O) groups is 3. The maximum Gasteiger partial charge on any atom is 0.415 e. The van der Waals surface area contributed by atoms with Crippen LogP contribution in [0, 0.1) is 5.92 Å². The van der Waals surface area contributed by atoms with Crippen LogP contribution in [0.3, 0.4) is 0 Å². The van der Waals surface area contributed by atoms with E-state index in [2.05, 4.69) is 21.2 Å². The Morgan fingerprint density at radius 3 is 2.40 bits per heavy atom. The molecular weight excluding hydrogens is 614 g/mol. The molecule has 0 unspecified atom stereocenters. The number of ketones is 1. The first-order valence-corrected chi connectivity index (χ1v) is 17.5. The van der Waals surface area contributed by atoms with Crippen LogP contribution >= 0.6 is 27.3 Å². The lowest BCUT2D eigenvalue weighted by molar-refractivity contribution is -0.145. The molecule has 1 aromatic carbocycles. The van der Waals surface area contributed by atoms with E-state index in [1.54, 1.807) is 27.2 Å². The van der Waals surface area contributed by atoms with Gasteiger partial charge in [0, 0.05) is 30.4 Å². The molecule has 2 aromatic rings. The van der Waals surface area contributed by atoms with E-state index in [0.717, 1.165) is 24.1 Å². The lowest BCUT2D eigenvalue weighted by Gasteiger charge is -2.42. The van der Waals surface area contributed by atoms with Crippen LogP contribution in [0.2, 0.25) is 0 Å². The molecule has 0 bridgehead atoms. The van der Waals surface area contributed by atoms with Gasteiger partial charge in [0.15, 0.2) is 5.78 Å². The van der Waals surface area contributed by atoms with Gasteiger partial charge < -0.3 is 19.9 Å². The average Bonchev–Trinajstić information content (AvgIpc) is 3.55. The quantitative estimate of drug-likeness (QED) is 0.298. The number of ether oxygens (including phenoxy) is 1. The molecule has 228 valence electrons. The Labute approximate surface area is 262 Å². The second-order valence-electron chi connectivity index (χ2n) is 12.1. The van der Waals surface area contributed by atoms with E-state index in [1.165, 1.54) is 51.4 Å². The molecule has 1 saturated heterocycles. The molecule has 2 aliphatic carbocycles. The number of para-hydroxylation sites is 1. The van der Waals surface area contributed by atoms with Gasteiger partial charge in [0.25, 0.3) is 0 Å². The molecule has 0 spiro atoms. The van der Waals surface area contributed by atoms with Gasteiger partial charge in [-0.25, -0.2) is 4.79 Å². The van der Waals surface area contributed by atoms with Crippen LogP contribution in [0.15, 0.2) is 46.3 Å². The van der Waals surface area contributed by atoms with Crippen molar-refractivity contribution in [1.82, 2.24) is 15.1 Å². The summed E-state index contributed by atoms with van der Waals surface area (Å²) in [4.78, 5) is 45.9. The SMILES string of the molecule is O=C(CCc1cccs1)[C@@H]1CN(C(=O)Oc2ccccc2Br)CCN1C(=O)[C@@H](CC1CCCCC1)NC1CCCCC1. The number of hydrogen-bond acceptors (Lipinski definition) is 6. The monoisotopic (exact) mass is 657 g/mol. The molecule has 1 aromatic heterocycles. The number of nitrogens with one attached hydrogen (secondary N) is 1. The van der Waals surface area contributed by atoms with Crippen molar-refractivity contribution in [1.29, 1.82) is 0 Å². The van der Waals surface area contributed by atoms with Crippen molar-refractivity contribution in [3.8, 4) is 5.75 Å². The number of halogens is 1. The zero-order valence-corrected chi connectivity index (χ0v) is 26.9. The number of amides is 2. The molecule has 3 fully saturated rings. The first kappa shape index (κ1) is 31.2. The van der Waals surface area contributed by atoms with Crippen molar-refractivity contribution in [3.63, 3.8) is 0 Å². The largest absolute Gasteiger partial charge is 0.415 e. The smallest absolute Gasteiger partial charge is 0.409 e. The summed E-state index contributed by atoms with van der Waals surface area (Å²) in [5.74, 6) is 1.01. The maximum atomic E-state index is 14.4. The second kappa shape index (κ2) is 15.5. The van der Waals surface area contributed by atoms with E-state index in [9.17, 15) is 14.4 Å². The minimum atomic E-state index is -0.681. The van der Waals surface area contributed by atoms with Crippen molar-refractivity contribution in [2.75, 3.05) is 19.6 Å². The van der Waals surface area contributed by atoms with Crippen molar-refractivity contribution in [2.24, 2.45) is 5.92 Å². The van der Waals surface area contributed by atoms with Crippen LogP contribution in [0.4, 0.5) is 4.79 Å². The third-order valence-corrected chi connectivity index (χ3v) is 10.8. The maximum absolute atomic E-state index is 14.4. The summed E-state index contributed by atoms with van der Waals surface area (Å²) < 4.78 is 6.38. The van der Waals surface area contributed by atoms with Gasteiger partial charge in [-0.3, -0.25) is 9.59 Å². The Balaban J connectivity index is 1.32. The van der Waals surface area contributed by atoms with E-state index >= 15 is 0 Å². The topological polar surface area (TPSA) is 79.0 Å². The molecule has 1 aliphatic heterocycles. The van der Waals surface area contributed by atoms with Gasteiger partial charge in [-0.2, -0.15) is 0 Å². The number of Topliss-reactive ketones (excluding diaryl/α,β-unsaturated/α-hetero) is 1. The Morgan fingerprint density at radius 2 is 1.69 bits per heavy atom. The Bertz CT molecular complexity index is 1160. The number of nitrogens with zero attached hydrogens (tertiary/aromatic N) is 2. The van der Waals surface area contributed by atoms with Gasteiger partial charge in [0.1, 0.15) is 11.8 Å². The summed E-state index contributed by atoms with van der Waals surface area (Å²) >= 11 is 5.08. The number of piperazine rings is 1. The fourth-order valence-corrected chi connectivity index (χ4v) is 7.87. The number of hydrogen-bond donors (Lipinski definition) is 1. The molecule has 3 aliphatic rings. The van der Waals surface area contributed by atoms with Gasteiger partial charge in [-0.1, -0.05) is 69.6 Å².